The molecule has 138 valence electrons. The van der Waals surface area contributed by atoms with Gasteiger partial charge in [-0.15, -0.1) is 0 Å². The number of aryl methyl sites for hydroxylation is 1. The fourth-order valence-corrected chi connectivity index (χ4v) is 3.36. The number of aldehydes is 1. The van der Waals surface area contributed by atoms with Crippen LogP contribution < -0.4 is 10.2 Å². The zero-order valence-electron chi connectivity index (χ0n) is 15.1. The first-order chi connectivity index (χ1) is 13.7. The van der Waals surface area contributed by atoms with Crippen LogP contribution in [0.25, 0.3) is 17.0 Å². The van der Waals surface area contributed by atoms with E-state index in [0.717, 1.165) is 34.3 Å². The Bertz CT molecular complexity index is 1170. The second-order valence-corrected chi connectivity index (χ2v) is 6.67. The number of hydrogen-bond donors (Lipinski definition) is 1. The van der Waals surface area contributed by atoms with Crippen LogP contribution in [0.3, 0.4) is 0 Å². The van der Waals surface area contributed by atoms with Crippen LogP contribution in [0, 0.1) is 6.92 Å². The van der Waals surface area contributed by atoms with E-state index < -0.39 is 6.17 Å². The predicted molar refractivity (Wildman–Crippen MR) is 105 cm³/mol. The van der Waals surface area contributed by atoms with Gasteiger partial charge in [0.15, 0.2) is 18.3 Å². The molecule has 0 saturated heterocycles. The summed E-state index contributed by atoms with van der Waals surface area (Å²) in [6, 6.07) is 11.8. The molecule has 28 heavy (non-hydrogen) atoms. The van der Waals surface area contributed by atoms with Crippen molar-refractivity contribution in [2.75, 3.05) is 10.2 Å². The zero-order valence-corrected chi connectivity index (χ0v) is 15.1. The molecule has 8 heteroatoms. The van der Waals surface area contributed by atoms with Crippen LogP contribution in [0.5, 0.6) is 0 Å². The molecule has 3 aromatic heterocycles. The second kappa shape index (κ2) is 6.41. The van der Waals surface area contributed by atoms with Crippen molar-refractivity contribution < 1.29 is 4.79 Å². The number of anilines is 2. The lowest BCUT2D eigenvalue weighted by Gasteiger charge is -2.22. The smallest absolute Gasteiger partial charge is 0.237 e. The molecule has 1 N–H and O–H groups in total. The van der Waals surface area contributed by atoms with Crippen molar-refractivity contribution in [3.63, 3.8) is 0 Å². The quantitative estimate of drug-likeness (QED) is 0.551. The number of rotatable bonds is 4. The minimum absolute atomic E-state index is 0.500. The maximum atomic E-state index is 11.6. The van der Waals surface area contributed by atoms with E-state index in [9.17, 15) is 4.79 Å². The Morgan fingerprint density at radius 3 is 2.82 bits per heavy atom. The average molecular weight is 371 g/mol. The first-order valence-electron chi connectivity index (χ1n) is 8.92. The van der Waals surface area contributed by atoms with E-state index in [4.69, 9.17) is 4.98 Å². The SMILES string of the molecule is Cc1ccc(CN2c3nc(-n4cnc5ccccc54)ncc3NC2C=O)cn1. The van der Waals surface area contributed by atoms with E-state index in [1.807, 2.05) is 59.0 Å². The van der Waals surface area contributed by atoms with Gasteiger partial charge in [-0.1, -0.05) is 18.2 Å². The van der Waals surface area contributed by atoms with Gasteiger partial charge in [0.05, 0.1) is 22.9 Å². The third-order valence-electron chi connectivity index (χ3n) is 4.79. The van der Waals surface area contributed by atoms with Crippen LogP contribution in [0.2, 0.25) is 0 Å². The Labute approximate surface area is 160 Å². The van der Waals surface area contributed by atoms with Crippen LogP contribution in [-0.2, 0) is 11.3 Å². The van der Waals surface area contributed by atoms with Crippen molar-refractivity contribution >= 4 is 28.8 Å². The lowest BCUT2D eigenvalue weighted by Crippen LogP contribution is -2.36. The van der Waals surface area contributed by atoms with Crippen molar-refractivity contribution in [1.82, 2.24) is 24.5 Å². The highest BCUT2D eigenvalue weighted by Crippen LogP contribution is 2.33. The van der Waals surface area contributed by atoms with Gasteiger partial charge in [0, 0.05) is 18.4 Å². The average Bonchev–Trinajstić information content (AvgIpc) is 3.31. The lowest BCUT2D eigenvalue weighted by molar-refractivity contribution is -0.108. The highest BCUT2D eigenvalue weighted by atomic mass is 16.1. The van der Waals surface area contributed by atoms with Crippen LogP contribution in [-0.4, -0.2) is 37.0 Å². The third kappa shape index (κ3) is 2.66. The van der Waals surface area contributed by atoms with Gasteiger partial charge in [0.1, 0.15) is 6.33 Å². The number of pyridine rings is 1. The highest BCUT2D eigenvalue weighted by molar-refractivity contribution is 5.82. The molecule has 4 aromatic rings. The van der Waals surface area contributed by atoms with Gasteiger partial charge in [-0.3, -0.25) is 14.3 Å². The summed E-state index contributed by atoms with van der Waals surface area (Å²) in [5.74, 6) is 1.19. The van der Waals surface area contributed by atoms with Crippen molar-refractivity contribution in [2.45, 2.75) is 19.6 Å². The van der Waals surface area contributed by atoms with E-state index in [2.05, 4.69) is 20.3 Å². The van der Waals surface area contributed by atoms with E-state index in [1.54, 1.807) is 12.5 Å². The molecule has 0 spiro atoms. The van der Waals surface area contributed by atoms with Crippen LogP contribution in [0.15, 0.2) is 55.1 Å². The van der Waals surface area contributed by atoms with Crippen molar-refractivity contribution in [1.29, 1.82) is 0 Å². The molecule has 5 rings (SSSR count). The maximum Gasteiger partial charge on any atom is 0.237 e. The molecule has 1 unspecified atom stereocenters. The number of imidazole rings is 1. The summed E-state index contributed by atoms with van der Waals surface area (Å²) < 4.78 is 1.84. The van der Waals surface area contributed by atoms with E-state index in [1.165, 1.54) is 0 Å². The summed E-state index contributed by atoms with van der Waals surface area (Å²) in [4.78, 5) is 31.5. The van der Waals surface area contributed by atoms with Crippen LogP contribution >= 0.6 is 0 Å². The first-order valence-corrected chi connectivity index (χ1v) is 8.92. The fraction of sp³-hybridized carbons (Fsp3) is 0.150. The second-order valence-electron chi connectivity index (χ2n) is 6.67. The Hall–Kier alpha value is -3.81. The molecule has 8 nitrogen and oxygen atoms in total. The van der Waals surface area contributed by atoms with E-state index >= 15 is 0 Å². The molecule has 0 fully saturated rings. The Kier molecular flexibility index (Phi) is 3.75. The number of carbonyl (C=O) groups is 1. The molecule has 1 aliphatic rings. The van der Waals surface area contributed by atoms with Gasteiger partial charge in [0.25, 0.3) is 0 Å². The molecule has 0 amide bonds. The summed E-state index contributed by atoms with van der Waals surface area (Å²) in [6.07, 6.45) is 5.60. The fourth-order valence-electron chi connectivity index (χ4n) is 3.36. The Morgan fingerprint density at radius 1 is 1.11 bits per heavy atom. The molecular formula is C20H17N7O. The monoisotopic (exact) mass is 371 g/mol. The molecule has 1 atom stereocenters. The van der Waals surface area contributed by atoms with Crippen molar-refractivity contribution in [3.8, 4) is 5.95 Å². The molecular weight excluding hydrogens is 354 g/mol. The first kappa shape index (κ1) is 16.4. The summed E-state index contributed by atoms with van der Waals surface area (Å²) >= 11 is 0. The molecule has 0 saturated carbocycles. The number of nitrogens with zero attached hydrogens (tertiary/aromatic N) is 6. The van der Waals surface area contributed by atoms with E-state index in [-0.39, 0.29) is 0 Å². The molecule has 1 aromatic carbocycles. The van der Waals surface area contributed by atoms with E-state index in [0.29, 0.717) is 18.3 Å². The van der Waals surface area contributed by atoms with Gasteiger partial charge in [-0.2, -0.15) is 4.98 Å². The molecule has 1 aliphatic heterocycles. The summed E-state index contributed by atoms with van der Waals surface area (Å²) in [6.45, 7) is 2.46. The number of aromatic nitrogens is 5. The number of fused-ring (bicyclic) bond motifs is 2. The number of carbonyl (C=O) groups excluding carboxylic acids is 1. The number of nitrogens with one attached hydrogen (secondary N) is 1. The topological polar surface area (TPSA) is 88.8 Å². The van der Waals surface area contributed by atoms with Gasteiger partial charge < -0.3 is 10.2 Å². The van der Waals surface area contributed by atoms with Gasteiger partial charge in [-0.25, -0.2) is 9.97 Å². The standard InChI is InChI=1S/C20H17N7O/c1-13-6-7-14(8-21-13)10-26-18(11-28)24-16-9-22-20(25-19(16)26)27-12-23-15-4-2-3-5-17(15)27/h2-9,11-12,18,24H,10H2,1H3. The molecule has 4 heterocycles. The third-order valence-corrected chi connectivity index (χ3v) is 4.79. The lowest BCUT2D eigenvalue weighted by atomic mass is 10.2. The van der Waals surface area contributed by atoms with Crippen molar-refractivity contribution in [3.05, 3.63) is 66.4 Å². The zero-order chi connectivity index (χ0) is 19.1. The number of hydrogen-bond acceptors (Lipinski definition) is 7. The largest absolute Gasteiger partial charge is 0.355 e. The number of para-hydroxylation sites is 2. The van der Waals surface area contributed by atoms with Gasteiger partial charge in [-0.05, 0) is 30.7 Å². The summed E-state index contributed by atoms with van der Waals surface area (Å²) in [5.41, 5.74) is 4.48. The molecule has 0 bridgehead atoms. The highest BCUT2D eigenvalue weighted by Gasteiger charge is 2.31. The minimum atomic E-state index is -0.500. The van der Waals surface area contributed by atoms with Gasteiger partial charge in [0.2, 0.25) is 5.95 Å². The van der Waals surface area contributed by atoms with Crippen LogP contribution in [0.1, 0.15) is 11.3 Å². The normalized spacial score (nSPS) is 15.5. The summed E-state index contributed by atoms with van der Waals surface area (Å²) in [5, 5.41) is 3.16. The maximum absolute atomic E-state index is 11.6. The molecule has 0 radical (unpaired) electrons. The predicted octanol–water partition coefficient (Wildman–Crippen LogP) is 2.48. The molecule has 0 aliphatic carbocycles. The number of benzene rings is 1. The summed E-state index contributed by atoms with van der Waals surface area (Å²) in [7, 11) is 0. The van der Waals surface area contributed by atoms with Gasteiger partial charge >= 0.3 is 0 Å². The van der Waals surface area contributed by atoms with Crippen LogP contribution in [0.4, 0.5) is 11.5 Å². The van der Waals surface area contributed by atoms with Crippen molar-refractivity contribution in [2.24, 2.45) is 0 Å². The Morgan fingerprint density at radius 2 is 2.00 bits per heavy atom. The Balaban J connectivity index is 1.55. The minimum Gasteiger partial charge on any atom is -0.355 e.